The van der Waals surface area contributed by atoms with Crippen LogP contribution in [0.25, 0.3) is 33.4 Å². The molecule has 1 aliphatic carbocycles. The molecule has 0 aromatic heterocycles. The molecule has 0 unspecified atom stereocenters. The molecule has 4 aromatic rings. The number of benzene rings is 4. The van der Waals surface area contributed by atoms with Crippen LogP contribution in [0, 0.1) is 0 Å². The Kier molecular flexibility index (Phi) is 6.65. The van der Waals surface area contributed by atoms with Crippen LogP contribution in [0.2, 0.25) is 0 Å². The van der Waals surface area contributed by atoms with Gasteiger partial charge >= 0.3 is 5.97 Å². The molecule has 38 heavy (non-hydrogen) atoms. The minimum Gasteiger partial charge on any atom is -0.508 e. The zero-order valence-corrected chi connectivity index (χ0v) is 23.0. The van der Waals surface area contributed by atoms with Gasteiger partial charge in [-0.3, -0.25) is 0 Å². The fraction of sp³-hybridized carbons (Fsp3) is 0.286. The second kappa shape index (κ2) is 9.79. The molecule has 1 N–H and O–H groups in total. The summed E-state index contributed by atoms with van der Waals surface area (Å²) in [5.41, 5.74) is 10.1. The van der Waals surface area contributed by atoms with Crippen molar-refractivity contribution in [2.45, 2.75) is 58.3 Å². The van der Waals surface area contributed by atoms with Crippen LogP contribution in [0.1, 0.15) is 68.9 Å². The first-order chi connectivity index (χ1) is 18.1. The summed E-state index contributed by atoms with van der Waals surface area (Å²) in [4.78, 5) is 12.1. The van der Waals surface area contributed by atoms with E-state index in [1.165, 1.54) is 17.5 Å². The summed E-state index contributed by atoms with van der Waals surface area (Å²) in [6, 6.07) is 28.4. The number of fused-ring (bicyclic) bond motifs is 1. The molecule has 1 aliphatic rings. The van der Waals surface area contributed by atoms with E-state index in [0.717, 1.165) is 39.8 Å². The smallest absolute Gasteiger partial charge is 0.338 e. The van der Waals surface area contributed by atoms with Crippen LogP contribution in [0.15, 0.2) is 84.9 Å². The third-order valence-electron chi connectivity index (χ3n) is 8.07. The number of carbonyl (C=O) groups excluding carboxylic acids is 1. The SMILES string of the molecule is CCOC(=O)c1ccc(-c2ccc(-c3cccc(O)c3)c(-c3ccc4c(c3)C(C)(C)CCC4(C)C)c2)cc1. The molecule has 0 amide bonds. The Labute approximate surface area is 226 Å². The minimum atomic E-state index is -0.307. The van der Waals surface area contributed by atoms with E-state index in [9.17, 15) is 9.90 Å². The van der Waals surface area contributed by atoms with Crippen LogP contribution in [0.4, 0.5) is 0 Å². The monoisotopic (exact) mass is 504 g/mol. The molecular formula is C35H36O3. The van der Waals surface area contributed by atoms with Gasteiger partial charge in [0.15, 0.2) is 0 Å². The highest BCUT2D eigenvalue weighted by Gasteiger charge is 2.37. The number of carbonyl (C=O) groups is 1. The van der Waals surface area contributed by atoms with E-state index in [-0.39, 0.29) is 22.5 Å². The first-order valence-electron chi connectivity index (χ1n) is 13.5. The van der Waals surface area contributed by atoms with E-state index in [0.29, 0.717) is 12.2 Å². The molecule has 0 saturated heterocycles. The van der Waals surface area contributed by atoms with Crippen molar-refractivity contribution in [2.75, 3.05) is 6.61 Å². The molecule has 3 heteroatoms. The van der Waals surface area contributed by atoms with Gasteiger partial charge in [-0.25, -0.2) is 4.79 Å². The Morgan fingerprint density at radius 3 is 2.03 bits per heavy atom. The van der Waals surface area contributed by atoms with Crippen LogP contribution in [-0.2, 0) is 15.6 Å². The Balaban J connectivity index is 1.66. The normalized spacial score (nSPS) is 15.5. The van der Waals surface area contributed by atoms with Gasteiger partial charge in [-0.1, -0.05) is 82.3 Å². The molecule has 3 nitrogen and oxygen atoms in total. The van der Waals surface area contributed by atoms with Crippen LogP contribution >= 0.6 is 0 Å². The number of phenolic OH excluding ortho intramolecular Hbond substituents is 1. The van der Waals surface area contributed by atoms with Crippen molar-refractivity contribution in [3.05, 3.63) is 102 Å². The summed E-state index contributed by atoms with van der Waals surface area (Å²) >= 11 is 0. The second-order valence-corrected chi connectivity index (χ2v) is 11.6. The lowest BCUT2D eigenvalue weighted by Gasteiger charge is -2.42. The maximum absolute atomic E-state index is 12.1. The van der Waals surface area contributed by atoms with Crippen LogP contribution in [-0.4, -0.2) is 17.7 Å². The maximum Gasteiger partial charge on any atom is 0.338 e. The summed E-state index contributed by atoms with van der Waals surface area (Å²) in [5, 5.41) is 10.2. The molecule has 0 saturated carbocycles. The lowest BCUT2D eigenvalue weighted by Crippen LogP contribution is -2.33. The van der Waals surface area contributed by atoms with Gasteiger partial charge in [0, 0.05) is 0 Å². The van der Waals surface area contributed by atoms with E-state index in [2.05, 4.69) is 64.1 Å². The lowest BCUT2D eigenvalue weighted by molar-refractivity contribution is 0.0526. The molecule has 0 aliphatic heterocycles. The van der Waals surface area contributed by atoms with E-state index >= 15 is 0 Å². The molecule has 0 atom stereocenters. The Morgan fingerprint density at radius 1 is 0.711 bits per heavy atom. The molecule has 0 heterocycles. The quantitative estimate of drug-likeness (QED) is 0.276. The summed E-state index contributed by atoms with van der Waals surface area (Å²) in [7, 11) is 0. The average Bonchev–Trinajstić information content (AvgIpc) is 2.91. The predicted molar refractivity (Wildman–Crippen MR) is 156 cm³/mol. The Morgan fingerprint density at radius 2 is 1.34 bits per heavy atom. The summed E-state index contributed by atoms with van der Waals surface area (Å²) in [5.74, 6) is -0.0565. The average molecular weight is 505 g/mol. The standard InChI is InChI=1S/C35H36O3/c1-6-38-33(37)24-12-10-23(11-13-24)25-14-16-29(26-8-7-9-28(36)20-26)30(21-25)27-15-17-31-32(22-27)35(4,5)19-18-34(31,2)3/h7-17,20-22,36H,6,18-19H2,1-5H3. The van der Waals surface area contributed by atoms with Crippen molar-refractivity contribution in [1.29, 1.82) is 0 Å². The second-order valence-electron chi connectivity index (χ2n) is 11.6. The topological polar surface area (TPSA) is 46.5 Å². The highest BCUT2D eigenvalue weighted by molar-refractivity contribution is 5.91. The van der Waals surface area contributed by atoms with E-state index in [4.69, 9.17) is 4.74 Å². The molecular weight excluding hydrogens is 468 g/mol. The molecule has 194 valence electrons. The number of esters is 1. The fourth-order valence-electron chi connectivity index (χ4n) is 5.66. The number of hydrogen-bond acceptors (Lipinski definition) is 3. The third-order valence-corrected chi connectivity index (χ3v) is 8.07. The van der Waals surface area contributed by atoms with Gasteiger partial charge in [0.1, 0.15) is 5.75 Å². The molecule has 0 spiro atoms. The molecule has 0 fully saturated rings. The Hall–Kier alpha value is -3.85. The van der Waals surface area contributed by atoms with Crippen LogP contribution < -0.4 is 0 Å². The van der Waals surface area contributed by atoms with Crippen molar-refractivity contribution in [1.82, 2.24) is 0 Å². The van der Waals surface area contributed by atoms with Crippen molar-refractivity contribution in [2.24, 2.45) is 0 Å². The Bertz CT molecular complexity index is 1490. The first-order valence-corrected chi connectivity index (χ1v) is 13.5. The third kappa shape index (κ3) is 4.86. The highest BCUT2D eigenvalue weighted by atomic mass is 16.5. The number of rotatable bonds is 5. The van der Waals surface area contributed by atoms with Gasteiger partial charge in [-0.05, 0) is 105 Å². The number of hydrogen-bond donors (Lipinski definition) is 1. The maximum atomic E-state index is 12.1. The van der Waals surface area contributed by atoms with E-state index in [1.54, 1.807) is 6.07 Å². The largest absolute Gasteiger partial charge is 0.508 e. The van der Waals surface area contributed by atoms with Crippen molar-refractivity contribution in [3.8, 4) is 39.1 Å². The summed E-state index contributed by atoms with van der Waals surface area (Å²) in [6.07, 6.45) is 2.33. The molecule has 4 aromatic carbocycles. The first kappa shape index (κ1) is 25.8. The molecule has 0 radical (unpaired) electrons. The fourth-order valence-corrected chi connectivity index (χ4v) is 5.66. The van der Waals surface area contributed by atoms with Crippen LogP contribution in [0.3, 0.4) is 0 Å². The highest BCUT2D eigenvalue weighted by Crippen LogP contribution is 2.47. The van der Waals surface area contributed by atoms with Gasteiger partial charge in [0.25, 0.3) is 0 Å². The van der Waals surface area contributed by atoms with Crippen molar-refractivity contribution >= 4 is 5.97 Å². The van der Waals surface area contributed by atoms with Gasteiger partial charge in [-0.2, -0.15) is 0 Å². The van der Waals surface area contributed by atoms with Gasteiger partial charge in [0.2, 0.25) is 0 Å². The van der Waals surface area contributed by atoms with Crippen LogP contribution in [0.5, 0.6) is 5.75 Å². The zero-order chi connectivity index (χ0) is 27.1. The number of phenols is 1. The number of ether oxygens (including phenoxy) is 1. The van der Waals surface area contributed by atoms with Gasteiger partial charge in [0.05, 0.1) is 12.2 Å². The predicted octanol–water partition coefficient (Wildman–Crippen LogP) is 8.92. The van der Waals surface area contributed by atoms with Gasteiger partial charge in [-0.15, -0.1) is 0 Å². The summed E-state index contributed by atoms with van der Waals surface area (Å²) in [6.45, 7) is 11.6. The van der Waals surface area contributed by atoms with Crippen molar-refractivity contribution < 1.29 is 14.6 Å². The molecule has 0 bridgehead atoms. The zero-order valence-electron chi connectivity index (χ0n) is 23.0. The minimum absolute atomic E-state index is 0.104. The molecule has 5 rings (SSSR count). The van der Waals surface area contributed by atoms with E-state index < -0.39 is 0 Å². The lowest BCUT2D eigenvalue weighted by atomic mass is 9.63. The van der Waals surface area contributed by atoms with Gasteiger partial charge < -0.3 is 9.84 Å². The van der Waals surface area contributed by atoms with Crippen molar-refractivity contribution in [3.63, 3.8) is 0 Å². The summed E-state index contributed by atoms with van der Waals surface area (Å²) < 4.78 is 5.14. The van der Waals surface area contributed by atoms with E-state index in [1.807, 2.05) is 49.4 Å². The number of aromatic hydroxyl groups is 1.